The van der Waals surface area contributed by atoms with Crippen LogP contribution in [0.5, 0.6) is 0 Å². The molecule has 2 aromatic rings. The Balaban J connectivity index is 1.71. The summed E-state index contributed by atoms with van der Waals surface area (Å²) >= 11 is 0. The summed E-state index contributed by atoms with van der Waals surface area (Å²) < 4.78 is 0. The molecule has 1 aliphatic rings. The maximum atomic E-state index is 12.5. The minimum absolute atomic E-state index is 0.0427. The normalized spacial score (nSPS) is 17.3. The third-order valence-corrected chi connectivity index (χ3v) is 4.42. The van der Waals surface area contributed by atoms with Gasteiger partial charge in [0.2, 0.25) is 5.91 Å². The van der Waals surface area contributed by atoms with E-state index < -0.39 is 0 Å². The number of benzene rings is 1. The van der Waals surface area contributed by atoms with Crippen molar-refractivity contribution in [1.29, 1.82) is 0 Å². The third kappa shape index (κ3) is 2.71. The summed E-state index contributed by atoms with van der Waals surface area (Å²) in [5.41, 5.74) is 4.81. The van der Waals surface area contributed by atoms with Gasteiger partial charge in [-0.1, -0.05) is 31.2 Å². The van der Waals surface area contributed by atoms with Crippen LogP contribution in [-0.2, 0) is 24.1 Å². The number of aromatic nitrogens is 2. The lowest BCUT2D eigenvalue weighted by Crippen LogP contribution is -2.28. The van der Waals surface area contributed by atoms with Gasteiger partial charge in [-0.2, -0.15) is 5.10 Å². The average molecular weight is 283 g/mol. The average Bonchev–Trinajstić information content (AvgIpc) is 2.87. The number of anilines is 1. The van der Waals surface area contributed by atoms with Gasteiger partial charge in [-0.05, 0) is 43.7 Å². The van der Waals surface area contributed by atoms with Crippen molar-refractivity contribution in [1.82, 2.24) is 10.2 Å². The second-order valence-electron chi connectivity index (χ2n) is 5.73. The van der Waals surface area contributed by atoms with Crippen LogP contribution in [0.25, 0.3) is 0 Å². The Kier molecular flexibility index (Phi) is 3.78. The molecule has 0 spiro atoms. The molecule has 0 bridgehead atoms. The van der Waals surface area contributed by atoms with E-state index in [0.717, 1.165) is 36.9 Å². The summed E-state index contributed by atoms with van der Waals surface area (Å²) in [5, 5.41) is 10.2. The van der Waals surface area contributed by atoms with Crippen LogP contribution in [0, 0.1) is 12.8 Å². The number of carbonyl (C=O) groups excluding carboxylic acids is 1. The number of aryl methyl sites for hydroxylation is 2. The van der Waals surface area contributed by atoms with Crippen molar-refractivity contribution in [3.05, 3.63) is 46.6 Å². The molecule has 0 fully saturated rings. The zero-order chi connectivity index (χ0) is 14.8. The number of rotatable bonds is 3. The van der Waals surface area contributed by atoms with E-state index >= 15 is 0 Å². The molecular formula is C17H21N3O. The number of nitrogens with one attached hydrogen (secondary N) is 2. The molecule has 1 aromatic carbocycles. The number of hydrogen-bond donors (Lipinski definition) is 2. The first-order valence-corrected chi connectivity index (χ1v) is 7.60. The molecule has 0 radical (unpaired) electrons. The van der Waals surface area contributed by atoms with E-state index in [-0.39, 0.29) is 11.8 Å². The first-order valence-electron chi connectivity index (χ1n) is 7.60. The number of amides is 1. The summed E-state index contributed by atoms with van der Waals surface area (Å²) in [5.74, 6) is 0.804. The Labute approximate surface area is 125 Å². The number of H-pyrrole nitrogens is 1. The van der Waals surface area contributed by atoms with Gasteiger partial charge in [0.15, 0.2) is 5.82 Å². The first-order chi connectivity index (χ1) is 10.2. The molecule has 4 nitrogen and oxygen atoms in total. The Bertz CT molecular complexity index is 660. The summed E-state index contributed by atoms with van der Waals surface area (Å²) in [6, 6.07) is 8.40. The zero-order valence-corrected chi connectivity index (χ0v) is 12.6. The van der Waals surface area contributed by atoms with Crippen molar-refractivity contribution in [2.75, 3.05) is 5.32 Å². The topological polar surface area (TPSA) is 57.8 Å². The maximum absolute atomic E-state index is 12.5. The Morgan fingerprint density at radius 1 is 1.38 bits per heavy atom. The molecule has 1 aliphatic carbocycles. The van der Waals surface area contributed by atoms with Gasteiger partial charge in [0.05, 0.1) is 0 Å². The molecular weight excluding hydrogens is 262 g/mol. The van der Waals surface area contributed by atoms with Gasteiger partial charge in [-0.25, -0.2) is 0 Å². The molecule has 0 saturated carbocycles. The number of carbonyl (C=O) groups is 1. The SMILES string of the molecule is CCc1[nH]nc(NC(=O)C2CCc3ccccc3C2)c1C. The summed E-state index contributed by atoms with van der Waals surface area (Å²) in [7, 11) is 0. The predicted molar refractivity (Wildman–Crippen MR) is 83.3 cm³/mol. The fraction of sp³-hybridized carbons (Fsp3) is 0.412. The van der Waals surface area contributed by atoms with Crippen LogP contribution in [0.2, 0.25) is 0 Å². The molecule has 0 saturated heterocycles. The molecule has 1 aromatic heterocycles. The van der Waals surface area contributed by atoms with E-state index in [0.29, 0.717) is 5.82 Å². The summed E-state index contributed by atoms with van der Waals surface area (Å²) in [6.45, 7) is 4.07. The van der Waals surface area contributed by atoms with Crippen LogP contribution in [0.15, 0.2) is 24.3 Å². The van der Waals surface area contributed by atoms with Crippen LogP contribution < -0.4 is 5.32 Å². The first kappa shape index (κ1) is 13.9. The van der Waals surface area contributed by atoms with E-state index in [1.807, 2.05) is 13.0 Å². The number of fused-ring (bicyclic) bond motifs is 1. The monoisotopic (exact) mass is 283 g/mol. The van der Waals surface area contributed by atoms with Gasteiger partial charge < -0.3 is 5.32 Å². The molecule has 4 heteroatoms. The van der Waals surface area contributed by atoms with Gasteiger partial charge in [0.25, 0.3) is 0 Å². The zero-order valence-electron chi connectivity index (χ0n) is 12.6. The van der Waals surface area contributed by atoms with Gasteiger partial charge in [0.1, 0.15) is 0 Å². The fourth-order valence-electron chi connectivity index (χ4n) is 3.04. The molecule has 1 atom stereocenters. The lowest BCUT2D eigenvalue weighted by atomic mass is 9.83. The van der Waals surface area contributed by atoms with Crippen LogP contribution >= 0.6 is 0 Å². The van der Waals surface area contributed by atoms with Crippen LogP contribution in [0.1, 0.15) is 35.7 Å². The largest absolute Gasteiger partial charge is 0.309 e. The lowest BCUT2D eigenvalue weighted by molar-refractivity contribution is -0.120. The fourth-order valence-corrected chi connectivity index (χ4v) is 3.04. The highest BCUT2D eigenvalue weighted by atomic mass is 16.2. The molecule has 2 N–H and O–H groups in total. The van der Waals surface area contributed by atoms with Gasteiger partial charge in [-0.3, -0.25) is 9.89 Å². The van der Waals surface area contributed by atoms with Crippen LogP contribution in [0.4, 0.5) is 5.82 Å². The number of aromatic amines is 1. The minimum Gasteiger partial charge on any atom is -0.309 e. The molecule has 21 heavy (non-hydrogen) atoms. The van der Waals surface area contributed by atoms with E-state index in [9.17, 15) is 4.79 Å². The third-order valence-electron chi connectivity index (χ3n) is 4.42. The Morgan fingerprint density at radius 3 is 2.86 bits per heavy atom. The number of hydrogen-bond acceptors (Lipinski definition) is 2. The molecule has 3 rings (SSSR count). The lowest BCUT2D eigenvalue weighted by Gasteiger charge is -2.23. The van der Waals surface area contributed by atoms with E-state index in [2.05, 4.69) is 40.6 Å². The predicted octanol–water partition coefficient (Wildman–Crippen LogP) is 3.02. The molecule has 110 valence electrons. The maximum Gasteiger partial charge on any atom is 0.229 e. The second-order valence-corrected chi connectivity index (χ2v) is 5.73. The van der Waals surface area contributed by atoms with Crippen LogP contribution in [-0.4, -0.2) is 16.1 Å². The van der Waals surface area contributed by atoms with Crippen molar-refractivity contribution in [3.8, 4) is 0 Å². The van der Waals surface area contributed by atoms with Crippen molar-refractivity contribution < 1.29 is 4.79 Å². The molecule has 1 unspecified atom stereocenters. The van der Waals surface area contributed by atoms with Crippen molar-refractivity contribution in [3.63, 3.8) is 0 Å². The van der Waals surface area contributed by atoms with Crippen LogP contribution in [0.3, 0.4) is 0 Å². The van der Waals surface area contributed by atoms with Crippen molar-refractivity contribution >= 4 is 11.7 Å². The quantitative estimate of drug-likeness (QED) is 0.909. The minimum atomic E-state index is 0.0427. The van der Waals surface area contributed by atoms with Gasteiger partial charge >= 0.3 is 0 Å². The molecule has 1 amide bonds. The van der Waals surface area contributed by atoms with E-state index in [1.54, 1.807) is 0 Å². The van der Waals surface area contributed by atoms with Gasteiger partial charge in [0, 0.05) is 17.2 Å². The second kappa shape index (κ2) is 5.72. The van der Waals surface area contributed by atoms with Crippen molar-refractivity contribution in [2.45, 2.75) is 39.5 Å². The summed E-state index contributed by atoms with van der Waals surface area (Å²) in [6.07, 6.45) is 3.61. The Morgan fingerprint density at radius 2 is 2.14 bits per heavy atom. The highest BCUT2D eigenvalue weighted by Crippen LogP contribution is 2.26. The molecule has 1 heterocycles. The highest BCUT2D eigenvalue weighted by Gasteiger charge is 2.25. The van der Waals surface area contributed by atoms with E-state index in [4.69, 9.17) is 0 Å². The number of nitrogens with zero attached hydrogens (tertiary/aromatic N) is 1. The van der Waals surface area contributed by atoms with Crippen molar-refractivity contribution in [2.24, 2.45) is 5.92 Å². The Hall–Kier alpha value is -2.10. The standard InChI is InChI=1S/C17H21N3O/c1-3-15-11(2)16(20-19-15)18-17(21)14-9-8-12-6-4-5-7-13(12)10-14/h4-7,14H,3,8-10H2,1-2H3,(H2,18,19,20,21). The van der Waals surface area contributed by atoms with E-state index in [1.165, 1.54) is 11.1 Å². The van der Waals surface area contributed by atoms with Gasteiger partial charge in [-0.15, -0.1) is 0 Å². The molecule has 0 aliphatic heterocycles. The summed E-state index contributed by atoms with van der Waals surface area (Å²) in [4.78, 5) is 12.5. The highest BCUT2D eigenvalue weighted by molar-refractivity contribution is 5.92. The smallest absolute Gasteiger partial charge is 0.229 e.